The summed E-state index contributed by atoms with van der Waals surface area (Å²) in [6.45, 7) is 1.94. The highest BCUT2D eigenvalue weighted by molar-refractivity contribution is 7.89. The molecule has 1 aliphatic heterocycles. The van der Waals surface area contributed by atoms with Gasteiger partial charge in [-0.3, -0.25) is 4.79 Å². The van der Waals surface area contributed by atoms with Gasteiger partial charge in [0.15, 0.2) is 0 Å². The van der Waals surface area contributed by atoms with Crippen molar-refractivity contribution in [3.63, 3.8) is 0 Å². The maximum atomic E-state index is 12.6. The maximum Gasteiger partial charge on any atom is 0.243 e. The number of halogens is 1. The first-order valence-corrected chi connectivity index (χ1v) is 12.1. The predicted octanol–water partition coefficient (Wildman–Crippen LogP) is 3.38. The monoisotopic (exact) mass is 460 g/mol. The number of hydrogen-bond donors (Lipinski definition) is 3. The number of aromatic amines is 1. The van der Waals surface area contributed by atoms with Crippen LogP contribution in [-0.4, -0.2) is 49.8 Å². The summed E-state index contributed by atoms with van der Waals surface area (Å²) in [7, 11) is -3.44. The van der Waals surface area contributed by atoms with Gasteiger partial charge < -0.3 is 15.6 Å². The van der Waals surface area contributed by atoms with E-state index in [1.807, 2.05) is 24.4 Å². The molecule has 9 heteroatoms. The average Bonchev–Trinajstić information content (AvgIpc) is 3.42. The molecular weight excluding hydrogens is 436 g/mol. The second kappa shape index (κ2) is 9.40. The molecule has 0 unspecified atom stereocenters. The Hall–Kier alpha value is -2.39. The lowest BCUT2D eigenvalue weighted by molar-refractivity contribution is -0.115. The van der Waals surface area contributed by atoms with Crippen LogP contribution >= 0.6 is 11.6 Å². The lowest BCUT2D eigenvalue weighted by atomic mass is 10.1. The summed E-state index contributed by atoms with van der Waals surface area (Å²) in [5, 5.41) is 7.70. The zero-order valence-corrected chi connectivity index (χ0v) is 18.6. The normalized spacial score (nSPS) is 14.9. The molecule has 164 valence electrons. The van der Waals surface area contributed by atoms with Crippen molar-refractivity contribution in [2.75, 3.05) is 31.5 Å². The number of carbonyl (C=O) groups excluding carboxylic acids is 1. The van der Waals surface area contributed by atoms with E-state index in [0.29, 0.717) is 30.3 Å². The first-order chi connectivity index (χ1) is 14.9. The van der Waals surface area contributed by atoms with Crippen LogP contribution in [0.1, 0.15) is 18.4 Å². The van der Waals surface area contributed by atoms with Crippen LogP contribution in [0.15, 0.2) is 53.6 Å². The van der Waals surface area contributed by atoms with E-state index < -0.39 is 10.0 Å². The van der Waals surface area contributed by atoms with Crippen LogP contribution in [0.3, 0.4) is 0 Å². The van der Waals surface area contributed by atoms with Crippen molar-refractivity contribution in [3.05, 3.63) is 59.2 Å². The fraction of sp³-hybridized carbons (Fsp3) is 0.318. The van der Waals surface area contributed by atoms with E-state index in [-0.39, 0.29) is 17.3 Å². The molecule has 3 N–H and O–H groups in total. The van der Waals surface area contributed by atoms with E-state index in [2.05, 4.69) is 15.6 Å². The zero-order valence-electron chi connectivity index (χ0n) is 17.0. The van der Waals surface area contributed by atoms with Gasteiger partial charge in [-0.2, -0.15) is 4.31 Å². The van der Waals surface area contributed by atoms with Crippen molar-refractivity contribution in [3.8, 4) is 0 Å². The van der Waals surface area contributed by atoms with E-state index >= 15 is 0 Å². The third-order valence-electron chi connectivity index (χ3n) is 5.43. The Kier molecular flexibility index (Phi) is 6.62. The molecular formula is C22H25ClN4O3S. The van der Waals surface area contributed by atoms with Gasteiger partial charge in [0.1, 0.15) is 0 Å². The lowest BCUT2D eigenvalue weighted by Gasteiger charge is -2.15. The SMILES string of the molecule is O=C(CNCCc1c[nH]c2ccc(Cl)cc12)Nc1ccc(S(=O)(=O)N2CCCC2)cc1. The van der Waals surface area contributed by atoms with Crippen LogP contribution in [0.25, 0.3) is 10.9 Å². The molecule has 0 saturated carbocycles. The average molecular weight is 461 g/mol. The van der Waals surface area contributed by atoms with Crippen LogP contribution in [0.2, 0.25) is 5.02 Å². The van der Waals surface area contributed by atoms with Gasteiger partial charge in [-0.05, 0) is 73.8 Å². The first-order valence-electron chi connectivity index (χ1n) is 10.3. The number of nitrogens with one attached hydrogen (secondary N) is 3. The molecule has 0 atom stereocenters. The molecule has 31 heavy (non-hydrogen) atoms. The van der Waals surface area contributed by atoms with Crippen LogP contribution in [0.4, 0.5) is 5.69 Å². The van der Waals surface area contributed by atoms with Gasteiger partial charge in [0, 0.05) is 40.9 Å². The smallest absolute Gasteiger partial charge is 0.243 e. The summed E-state index contributed by atoms with van der Waals surface area (Å²) in [4.78, 5) is 15.7. The largest absolute Gasteiger partial charge is 0.361 e. The third kappa shape index (κ3) is 5.10. The summed E-state index contributed by atoms with van der Waals surface area (Å²) < 4.78 is 26.6. The second-order valence-electron chi connectivity index (χ2n) is 7.61. The minimum atomic E-state index is -3.44. The van der Waals surface area contributed by atoms with Gasteiger partial charge in [-0.1, -0.05) is 11.6 Å². The summed E-state index contributed by atoms with van der Waals surface area (Å²) in [6.07, 6.45) is 4.51. The topological polar surface area (TPSA) is 94.3 Å². The highest BCUT2D eigenvalue weighted by atomic mass is 35.5. The third-order valence-corrected chi connectivity index (χ3v) is 7.57. The van der Waals surface area contributed by atoms with Crippen molar-refractivity contribution >= 4 is 44.1 Å². The Bertz CT molecular complexity index is 1170. The zero-order chi connectivity index (χ0) is 21.8. The number of nitrogens with zero attached hydrogens (tertiary/aromatic N) is 1. The molecule has 0 bridgehead atoms. The van der Waals surface area contributed by atoms with Crippen molar-refractivity contribution < 1.29 is 13.2 Å². The minimum absolute atomic E-state index is 0.164. The van der Waals surface area contributed by atoms with Gasteiger partial charge in [0.2, 0.25) is 15.9 Å². The number of rotatable bonds is 8. The quantitative estimate of drug-likeness (QED) is 0.449. The molecule has 2 heterocycles. The van der Waals surface area contributed by atoms with Gasteiger partial charge in [0.25, 0.3) is 0 Å². The highest BCUT2D eigenvalue weighted by Gasteiger charge is 2.26. The second-order valence-corrected chi connectivity index (χ2v) is 9.99. The number of carbonyl (C=O) groups is 1. The first kappa shape index (κ1) is 21.8. The number of aromatic nitrogens is 1. The van der Waals surface area contributed by atoms with Crippen LogP contribution in [-0.2, 0) is 21.2 Å². The number of hydrogen-bond acceptors (Lipinski definition) is 4. The Morgan fingerprint density at radius 2 is 1.84 bits per heavy atom. The van der Waals surface area contributed by atoms with Crippen LogP contribution in [0, 0.1) is 0 Å². The fourth-order valence-electron chi connectivity index (χ4n) is 3.78. The van der Waals surface area contributed by atoms with E-state index in [1.165, 1.54) is 4.31 Å². The van der Waals surface area contributed by atoms with Crippen molar-refractivity contribution in [1.82, 2.24) is 14.6 Å². The number of H-pyrrole nitrogens is 1. The number of amides is 1. The molecule has 7 nitrogen and oxygen atoms in total. The molecule has 0 spiro atoms. The van der Waals surface area contributed by atoms with E-state index in [0.717, 1.165) is 35.7 Å². The van der Waals surface area contributed by atoms with Crippen molar-refractivity contribution in [2.45, 2.75) is 24.2 Å². The van der Waals surface area contributed by atoms with E-state index in [9.17, 15) is 13.2 Å². The summed E-state index contributed by atoms with van der Waals surface area (Å²) in [5.41, 5.74) is 2.74. The molecule has 1 saturated heterocycles. The highest BCUT2D eigenvalue weighted by Crippen LogP contribution is 2.23. The van der Waals surface area contributed by atoms with Gasteiger partial charge in [0.05, 0.1) is 11.4 Å². The molecule has 1 fully saturated rings. The van der Waals surface area contributed by atoms with Gasteiger partial charge in [-0.15, -0.1) is 0 Å². The molecule has 4 rings (SSSR count). The number of sulfonamides is 1. The maximum absolute atomic E-state index is 12.6. The predicted molar refractivity (Wildman–Crippen MR) is 123 cm³/mol. The molecule has 3 aromatic rings. The summed E-state index contributed by atoms with van der Waals surface area (Å²) >= 11 is 6.08. The van der Waals surface area contributed by atoms with Crippen LogP contribution < -0.4 is 10.6 Å². The molecule has 2 aromatic carbocycles. The number of benzene rings is 2. The molecule has 0 aliphatic carbocycles. The Morgan fingerprint density at radius 1 is 1.10 bits per heavy atom. The minimum Gasteiger partial charge on any atom is -0.361 e. The molecule has 1 amide bonds. The fourth-order valence-corrected chi connectivity index (χ4v) is 5.46. The van der Waals surface area contributed by atoms with Gasteiger partial charge in [-0.25, -0.2) is 8.42 Å². The Labute approximate surface area is 186 Å². The molecule has 1 aliphatic rings. The van der Waals surface area contributed by atoms with E-state index in [1.54, 1.807) is 24.3 Å². The van der Waals surface area contributed by atoms with Crippen LogP contribution in [0.5, 0.6) is 0 Å². The molecule has 1 aromatic heterocycles. The lowest BCUT2D eigenvalue weighted by Crippen LogP contribution is -2.29. The summed E-state index contributed by atoms with van der Waals surface area (Å²) in [6, 6.07) is 12.1. The summed E-state index contributed by atoms with van der Waals surface area (Å²) in [5.74, 6) is -0.183. The molecule has 0 radical (unpaired) electrons. The Morgan fingerprint density at radius 3 is 2.58 bits per heavy atom. The van der Waals surface area contributed by atoms with Gasteiger partial charge >= 0.3 is 0 Å². The standard InChI is InChI=1S/C22H25ClN4O3S/c23-17-3-8-21-20(13-17)16(14-25-21)9-10-24-15-22(28)26-18-4-6-19(7-5-18)31(29,30)27-11-1-2-12-27/h3-8,13-14,24-25H,1-2,9-12,15H2,(H,26,28). The van der Waals surface area contributed by atoms with E-state index in [4.69, 9.17) is 11.6 Å². The Balaban J connectivity index is 1.25. The number of anilines is 1. The van der Waals surface area contributed by atoms with Crippen molar-refractivity contribution in [1.29, 1.82) is 0 Å². The number of fused-ring (bicyclic) bond motifs is 1. The van der Waals surface area contributed by atoms with Crippen molar-refractivity contribution in [2.24, 2.45) is 0 Å².